The molecule has 4 nitrogen and oxygen atoms in total. The zero-order chi connectivity index (χ0) is 14.1. The number of thioether (sulfide) groups is 1. The number of hydrogen-bond donors (Lipinski definition) is 2. The maximum atomic E-state index is 11.6. The van der Waals surface area contributed by atoms with Crippen LogP contribution in [0.5, 0.6) is 0 Å². The van der Waals surface area contributed by atoms with Crippen molar-refractivity contribution in [2.45, 2.75) is 58.2 Å². The summed E-state index contributed by atoms with van der Waals surface area (Å²) in [5.74, 6) is -0.0510. The number of carboxylic acids is 1. The van der Waals surface area contributed by atoms with Crippen molar-refractivity contribution in [1.29, 1.82) is 0 Å². The number of nitrogens with one attached hydrogen (secondary N) is 1. The monoisotopic (exact) mass is 275 g/mol. The average molecular weight is 275 g/mol. The smallest absolute Gasteiger partial charge is 0.316 e. The Morgan fingerprint density at radius 2 is 1.78 bits per heavy atom. The van der Waals surface area contributed by atoms with Gasteiger partial charge in [0.1, 0.15) is 0 Å². The van der Waals surface area contributed by atoms with Crippen LogP contribution in [0.3, 0.4) is 0 Å². The van der Waals surface area contributed by atoms with Crippen LogP contribution in [0.4, 0.5) is 0 Å². The zero-order valence-corrected chi connectivity index (χ0v) is 12.5. The molecular weight excluding hydrogens is 250 g/mol. The zero-order valence-electron chi connectivity index (χ0n) is 11.7. The molecule has 0 aliphatic heterocycles. The maximum absolute atomic E-state index is 11.6. The largest absolute Gasteiger partial charge is 0.480 e. The number of amides is 1. The highest BCUT2D eigenvalue weighted by Gasteiger charge is 2.14. The minimum Gasteiger partial charge on any atom is -0.480 e. The van der Waals surface area contributed by atoms with Crippen molar-refractivity contribution in [2.75, 3.05) is 5.75 Å². The van der Waals surface area contributed by atoms with Gasteiger partial charge in [-0.25, -0.2) is 0 Å². The molecule has 0 aromatic heterocycles. The molecule has 2 N–H and O–H groups in total. The molecule has 0 radical (unpaired) electrons. The van der Waals surface area contributed by atoms with Crippen molar-refractivity contribution in [3.05, 3.63) is 0 Å². The summed E-state index contributed by atoms with van der Waals surface area (Å²) in [7, 11) is 0. The highest BCUT2D eigenvalue weighted by Crippen LogP contribution is 2.11. The van der Waals surface area contributed by atoms with Crippen LogP contribution >= 0.6 is 11.8 Å². The van der Waals surface area contributed by atoms with Crippen LogP contribution in [0.15, 0.2) is 0 Å². The lowest BCUT2D eigenvalue weighted by molar-refractivity contribution is -0.136. The Morgan fingerprint density at radius 3 is 2.28 bits per heavy atom. The van der Waals surface area contributed by atoms with E-state index in [9.17, 15) is 9.59 Å². The fraction of sp³-hybridized carbons (Fsp3) is 0.846. The predicted octanol–water partition coefficient (Wildman–Crippen LogP) is 2.52. The first kappa shape index (κ1) is 17.3. The van der Waals surface area contributed by atoms with Crippen LogP contribution in [0.25, 0.3) is 0 Å². The summed E-state index contributed by atoms with van der Waals surface area (Å²) in [5.41, 5.74) is 0. The highest BCUT2D eigenvalue weighted by atomic mass is 32.2. The Morgan fingerprint density at radius 1 is 1.17 bits per heavy atom. The van der Waals surface area contributed by atoms with Gasteiger partial charge in [0.2, 0.25) is 5.91 Å². The molecule has 0 heterocycles. The van der Waals surface area contributed by atoms with Gasteiger partial charge in [-0.2, -0.15) is 0 Å². The second-order valence-electron chi connectivity index (χ2n) is 5.08. The van der Waals surface area contributed by atoms with Crippen molar-refractivity contribution >= 4 is 23.6 Å². The van der Waals surface area contributed by atoms with E-state index in [2.05, 4.69) is 19.2 Å². The molecule has 2 unspecified atom stereocenters. The Kier molecular flexibility index (Phi) is 8.89. The second kappa shape index (κ2) is 9.25. The quantitative estimate of drug-likeness (QED) is 0.678. The molecule has 0 saturated heterocycles. The summed E-state index contributed by atoms with van der Waals surface area (Å²) in [6.45, 7) is 7.95. The minimum atomic E-state index is -0.877. The molecule has 0 spiro atoms. The second-order valence-corrected chi connectivity index (χ2v) is 6.41. The van der Waals surface area contributed by atoms with Gasteiger partial charge < -0.3 is 10.4 Å². The summed E-state index contributed by atoms with van der Waals surface area (Å²) in [4.78, 5) is 22.1. The normalized spacial score (nSPS) is 14.3. The van der Waals surface area contributed by atoms with Crippen LogP contribution in [-0.4, -0.2) is 34.0 Å². The standard InChI is InChI=1S/C13H25NO3S/c1-9(2)6-5-7-10(3)14-12(15)8-18-11(4)13(16)17/h9-11H,5-8H2,1-4H3,(H,14,15)(H,16,17). The first-order valence-corrected chi connectivity index (χ1v) is 7.51. The van der Waals surface area contributed by atoms with E-state index in [1.165, 1.54) is 6.42 Å². The van der Waals surface area contributed by atoms with E-state index in [0.29, 0.717) is 5.92 Å². The first-order chi connectivity index (χ1) is 8.32. The third kappa shape index (κ3) is 9.33. The van der Waals surface area contributed by atoms with Crippen molar-refractivity contribution in [2.24, 2.45) is 5.92 Å². The summed E-state index contributed by atoms with van der Waals surface area (Å²) < 4.78 is 0. The summed E-state index contributed by atoms with van der Waals surface area (Å²) >= 11 is 1.15. The molecule has 0 aromatic carbocycles. The van der Waals surface area contributed by atoms with E-state index in [0.717, 1.165) is 24.6 Å². The van der Waals surface area contributed by atoms with Crippen LogP contribution in [-0.2, 0) is 9.59 Å². The number of carbonyl (C=O) groups is 2. The SMILES string of the molecule is CC(C)CCCC(C)NC(=O)CSC(C)C(=O)O. The number of aliphatic carboxylic acids is 1. The molecule has 18 heavy (non-hydrogen) atoms. The van der Waals surface area contributed by atoms with Crippen molar-refractivity contribution in [3.63, 3.8) is 0 Å². The van der Waals surface area contributed by atoms with Crippen LogP contribution in [0.1, 0.15) is 47.0 Å². The van der Waals surface area contributed by atoms with Crippen molar-refractivity contribution in [3.8, 4) is 0 Å². The van der Waals surface area contributed by atoms with Crippen LogP contribution in [0.2, 0.25) is 0 Å². The van der Waals surface area contributed by atoms with Gasteiger partial charge in [0.05, 0.1) is 11.0 Å². The number of hydrogen-bond acceptors (Lipinski definition) is 3. The lowest BCUT2D eigenvalue weighted by Crippen LogP contribution is -2.34. The van der Waals surface area contributed by atoms with Gasteiger partial charge in [0, 0.05) is 6.04 Å². The van der Waals surface area contributed by atoms with Crippen LogP contribution in [0, 0.1) is 5.92 Å². The minimum absolute atomic E-state index is 0.0786. The van der Waals surface area contributed by atoms with Gasteiger partial charge in [0.25, 0.3) is 0 Å². The van der Waals surface area contributed by atoms with Gasteiger partial charge in [-0.15, -0.1) is 11.8 Å². The molecule has 2 atom stereocenters. The van der Waals surface area contributed by atoms with Crippen molar-refractivity contribution < 1.29 is 14.7 Å². The van der Waals surface area contributed by atoms with E-state index in [-0.39, 0.29) is 17.7 Å². The Labute approximate surface area is 114 Å². The lowest BCUT2D eigenvalue weighted by Gasteiger charge is -2.15. The first-order valence-electron chi connectivity index (χ1n) is 6.46. The molecule has 1 amide bonds. The lowest BCUT2D eigenvalue weighted by atomic mass is 10.0. The molecule has 0 aliphatic carbocycles. The van der Waals surface area contributed by atoms with E-state index in [1.807, 2.05) is 6.92 Å². The summed E-state index contributed by atoms with van der Waals surface area (Å²) in [6, 6.07) is 0.164. The molecular formula is C13H25NO3S. The summed E-state index contributed by atoms with van der Waals surface area (Å²) in [5, 5.41) is 11.1. The fourth-order valence-electron chi connectivity index (χ4n) is 1.49. The molecule has 106 valence electrons. The van der Waals surface area contributed by atoms with E-state index >= 15 is 0 Å². The molecule has 0 aliphatic rings. The fourth-order valence-corrected chi connectivity index (χ4v) is 2.12. The third-order valence-electron chi connectivity index (χ3n) is 2.64. The maximum Gasteiger partial charge on any atom is 0.316 e. The molecule has 0 fully saturated rings. The number of rotatable bonds is 9. The Balaban J connectivity index is 3.70. The van der Waals surface area contributed by atoms with Crippen molar-refractivity contribution in [1.82, 2.24) is 5.32 Å². The molecule has 0 rings (SSSR count). The van der Waals surface area contributed by atoms with Gasteiger partial charge in [-0.1, -0.05) is 26.7 Å². The third-order valence-corrected chi connectivity index (χ3v) is 3.77. The van der Waals surface area contributed by atoms with Crippen LogP contribution < -0.4 is 5.32 Å². The summed E-state index contributed by atoms with van der Waals surface area (Å²) in [6.07, 6.45) is 3.26. The number of carboxylic acid groups (broad SMARTS) is 1. The molecule has 0 saturated carbocycles. The molecule has 5 heteroatoms. The van der Waals surface area contributed by atoms with E-state index in [1.54, 1.807) is 6.92 Å². The number of carbonyl (C=O) groups excluding carboxylic acids is 1. The predicted molar refractivity (Wildman–Crippen MR) is 75.8 cm³/mol. The highest BCUT2D eigenvalue weighted by molar-refractivity contribution is 8.01. The van der Waals surface area contributed by atoms with Gasteiger partial charge >= 0.3 is 5.97 Å². The van der Waals surface area contributed by atoms with Gasteiger partial charge in [0.15, 0.2) is 0 Å². The van der Waals surface area contributed by atoms with E-state index < -0.39 is 11.2 Å². The topological polar surface area (TPSA) is 66.4 Å². The Bertz CT molecular complexity index is 269. The van der Waals surface area contributed by atoms with E-state index in [4.69, 9.17) is 5.11 Å². The Hall–Kier alpha value is -0.710. The molecule has 0 bridgehead atoms. The molecule has 0 aromatic rings. The van der Waals surface area contributed by atoms with Gasteiger partial charge in [-0.05, 0) is 26.2 Å². The van der Waals surface area contributed by atoms with Gasteiger partial charge in [-0.3, -0.25) is 9.59 Å². The average Bonchev–Trinajstić information content (AvgIpc) is 2.24.